The van der Waals surface area contributed by atoms with Crippen LogP contribution in [0.5, 0.6) is 0 Å². The normalized spacial score (nSPS) is 14.0. The summed E-state index contributed by atoms with van der Waals surface area (Å²) < 4.78 is 103. The van der Waals surface area contributed by atoms with Crippen LogP contribution in [0.1, 0.15) is 16.7 Å². The van der Waals surface area contributed by atoms with Crippen LogP contribution < -0.4 is 0 Å². The molecule has 0 amide bonds. The molecule has 2 rings (SSSR count). The monoisotopic (exact) mass is 454 g/mol. The highest BCUT2D eigenvalue weighted by molar-refractivity contribution is 7.85. The van der Waals surface area contributed by atoms with Crippen molar-refractivity contribution < 1.29 is 34.9 Å². The first-order chi connectivity index (χ1) is 13.7. The third-order valence-electron chi connectivity index (χ3n) is 3.88. The Morgan fingerprint density at radius 3 is 2.23 bits per heavy atom. The molecular formula is C19H17F7N2OS. The predicted molar refractivity (Wildman–Crippen MR) is 99.8 cm³/mol. The minimum absolute atomic E-state index is 0.0211. The van der Waals surface area contributed by atoms with Gasteiger partial charge in [0.05, 0.1) is 16.4 Å². The van der Waals surface area contributed by atoms with E-state index >= 15 is 0 Å². The Morgan fingerprint density at radius 2 is 1.70 bits per heavy atom. The third-order valence-corrected chi connectivity index (χ3v) is 5.40. The molecule has 0 radical (unpaired) electrons. The van der Waals surface area contributed by atoms with Crippen molar-refractivity contribution in [3.8, 4) is 0 Å². The van der Waals surface area contributed by atoms with Crippen LogP contribution >= 0.6 is 0 Å². The molecule has 1 atom stereocenters. The smallest absolute Gasteiger partial charge is 0.362 e. The van der Waals surface area contributed by atoms with Crippen LogP contribution in [0.3, 0.4) is 0 Å². The van der Waals surface area contributed by atoms with Gasteiger partial charge in [-0.05, 0) is 36.8 Å². The number of hydrogen-bond acceptors (Lipinski definition) is 2. The number of benzene rings is 2. The van der Waals surface area contributed by atoms with Crippen molar-refractivity contribution in [1.82, 2.24) is 4.90 Å². The minimum atomic E-state index is -4.69. The lowest BCUT2D eigenvalue weighted by molar-refractivity contribution is -0.137. The molecule has 3 nitrogen and oxygen atoms in total. The molecule has 0 aliphatic rings. The summed E-state index contributed by atoms with van der Waals surface area (Å²) in [6.07, 6.45) is -9.30. The summed E-state index contributed by atoms with van der Waals surface area (Å²) in [4.78, 5) is 5.10. The molecule has 0 aromatic heterocycles. The van der Waals surface area contributed by atoms with Crippen molar-refractivity contribution in [1.29, 1.82) is 0 Å². The highest BCUT2D eigenvalue weighted by atomic mass is 32.2. The van der Waals surface area contributed by atoms with Gasteiger partial charge in [0.15, 0.2) is 0 Å². The lowest BCUT2D eigenvalue weighted by Gasteiger charge is -2.18. The fraction of sp³-hybridized carbons (Fsp3) is 0.316. The SMILES string of the molecule is Cc1cc(F)c(N=C(c2cccc(C(F)(F)F)c2)N(C)C)cc1S(=O)CC(F)(F)F. The molecule has 0 saturated heterocycles. The maximum absolute atomic E-state index is 14.4. The van der Waals surface area contributed by atoms with E-state index in [1.165, 1.54) is 32.0 Å². The van der Waals surface area contributed by atoms with Crippen molar-refractivity contribution >= 4 is 22.3 Å². The van der Waals surface area contributed by atoms with E-state index in [1.807, 2.05) is 0 Å². The summed E-state index contributed by atoms with van der Waals surface area (Å²) >= 11 is 0. The molecule has 0 spiro atoms. The molecule has 0 aliphatic carbocycles. The number of rotatable bonds is 4. The number of amidine groups is 1. The quantitative estimate of drug-likeness (QED) is 0.349. The van der Waals surface area contributed by atoms with E-state index in [4.69, 9.17) is 0 Å². The Bertz CT molecular complexity index is 982. The lowest BCUT2D eigenvalue weighted by atomic mass is 10.1. The largest absolute Gasteiger partial charge is 0.416 e. The van der Waals surface area contributed by atoms with Gasteiger partial charge in [-0.1, -0.05) is 12.1 Å². The van der Waals surface area contributed by atoms with Gasteiger partial charge in [-0.25, -0.2) is 9.38 Å². The summed E-state index contributed by atoms with van der Waals surface area (Å²) in [7, 11) is 0.441. The van der Waals surface area contributed by atoms with Crippen molar-refractivity contribution in [3.63, 3.8) is 0 Å². The predicted octanol–water partition coefficient (Wildman–Crippen LogP) is 5.46. The van der Waals surface area contributed by atoms with Crippen LogP contribution in [-0.4, -0.2) is 41.0 Å². The molecule has 164 valence electrons. The number of halogens is 7. The summed E-state index contributed by atoms with van der Waals surface area (Å²) in [6, 6.07) is 6.00. The van der Waals surface area contributed by atoms with Crippen LogP contribution in [0.2, 0.25) is 0 Å². The minimum Gasteiger partial charge on any atom is -0.362 e. The molecule has 0 aliphatic heterocycles. The number of hydrogen-bond donors (Lipinski definition) is 0. The summed E-state index contributed by atoms with van der Waals surface area (Å²) in [5, 5.41) is 0. The first-order valence-electron chi connectivity index (χ1n) is 8.38. The second kappa shape index (κ2) is 8.75. The number of aryl methyl sites for hydroxylation is 1. The van der Waals surface area contributed by atoms with Crippen molar-refractivity contribution in [2.75, 3.05) is 19.8 Å². The fourth-order valence-electron chi connectivity index (χ4n) is 2.57. The van der Waals surface area contributed by atoms with Crippen molar-refractivity contribution in [3.05, 3.63) is 58.9 Å². The second-order valence-corrected chi connectivity index (χ2v) is 8.00. The molecule has 0 N–H and O–H groups in total. The molecule has 0 saturated carbocycles. The van der Waals surface area contributed by atoms with Crippen LogP contribution in [-0.2, 0) is 17.0 Å². The Balaban J connectivity index is 2.58. The molecule has 2 aromatic rings. The van der Waals surface area contributed by atoms with Gasteiger partial charge in [0, 0.05) is 24.6 Å². The molecule has 0 heterocycles. The van der Waals surface area contributed by atoms with E-state index in [-0.39, 0.29) is 21.9 Å². The van der Waals surface area contributed by atoms with Gasteiger partial charge in [-0.2, -0.15) is 26.3 Å². The summed E-state index contributed by atoms with van der Waals surface area (Å²) in [5.41, 5.74) is -1.31. The molecule has 30 heavy (non-hydrogen) atoms. The summed E-state index contributed by atoms with van der Waals surface area (Å²) in [6.45, 7) is 1.31. The maximum atomic E-state index is 14.4. The van der Waals surface area contributed by atoms with E-state index in [0.717, 1.165) is 30.3 Å². The average molecular weight is 454 g/mol. The van der Waals surface area contributed by atoms with Crippen molar-refractivity contribution in [2.24, 2.45) is 4.99 Å². The molecular weight excluding hydrogens is 437 g/mol. The average Bonchev–Trinajstić information content (AvgIpc) is 2.58. The maximum Gasteiger partial charge on any atom is 0.416 e. The summed E-state index contributed by atoms with van der Waals surface area (Å²) in [5.74, 6) is -2.58. The second-order valence-electron chi connectivity index (χ2n) is 6.58. The highest BCUT2D eigenvalue weighted by Crippen LogP contribution is 2.31. The zero-order chi connectivity index (χ0) is 22.9. The van der Waals surface area contributed by atoms with Gasteiger partial charge in [-0.15, -0.1) is 0 Å². The van der Waals surface area contributed by atoms with Gasteiger partial charge in [0.1, 0.15) is 23.1 Å². The molecule has 2 aromatic carbocycles. The van der Waals surface area contributed by atoms with E-state index in [9.17, 15) is 34.9 Å². The van der Waals surface area contributed by atoms with Crippen LogP contribution in [0, 0.1) is 12.7 Å². The van der Waals surface area contributed by atoms with Crippen LogP contribution in [0.4, 0.5) is 36.4 Å². The zero-order valence-corrected chi connectivity index (χ0v) is 16.8. The number of alkyl halides is 6. The van der Waals surface area contributed by atoms with E-state index in [1.54, 1.807) is 0 Å². The van der Waals surface area contributed by atoms with Gasteiger partial charge >= 0.3 is 12.4 Å². The fourth-order valence-corrected chi connectivity index (χ4v) is 3.68. The lowest BCUT2D eigenvalue weighted by Crippen LogP contribution is -2.23. The first-order valence-corrected chi connectivity index (χ1v) is 9.70. The van der Waals surface area contributed by atoms with E-state index in [0.29, 0.717) is 0 Å². The van der Waals surface area contributed by atoms with E-state index in [2.05, 4.69) is 4.99 Å². The van der Waals surface area contributed by atoms with Crippen LogP contribution in [0.15, 0.2) is 46.3 Å². The standard InChI is InChI=1S/C19H17F7N2OS/c1-11-7-14(20)15(9-16(11)30(29)10-18(21,22)23)27-17(28(2)3)12-5-4-6-13(8-12)19(24,25)26/h4-9H,10H2,1-3H3. The number of nitrogens with zero attached hydrogens (tertiary/aromatic N) is 2. The Hall–Kier alpha value is -2.43. The molecule has 0 bridgehead atoms. The Morgan fingerprint density at radius 1 is 1.07 bits per heavy atom. The highest BCUT2D eigenvalue weighted by Gasteiger charge is 2.32. The van der Waals surface area contributed by atoms with Gasteiger partial charge in [0.2, 0.25) is 0 Å². The van der Waals surface area contributed by atoms with Crippen LogP contribution in [0.25, 0.3) is 0 Å². The Kier molecular flexibility index (Phi) is 6.95. The third kappa shape index (κ3) is 6.04. The molecule has 1 unspecified atom stereocenters. The topological polar surface area (TPSA) is 32.7 Å². The number of aliphatic imine (C=N–C) groups is 1. The van der Waals surface area contributed by atoms with Gasteiger partial charge < -0.3 is 4.90 Å². The molecule has 11 heteroatoms. The van der Waals surface area contributed by atoms with Gasteiger partial charge in [0.25, 0.3) is 0 Å². The van der Waals surface area contributed by atoms with E-state index < -0.39 is 46.0 Å². The first kappa shape index (κ1) is 23.8. The Labute approximate surface area is 170 Å². The van der Waals surface area contributed by atoms with Gasteiger partial charge in [-0.3, -0.25) is 4.21 Å². The zero-order valence-electron chi connectivity index (χ0n) is 16.0. The van der Waals surface area contributed by atoms with Crippen molar-refractivity contribution in [2.45, 2.75) is 24.2 Å². The molecule has 0 fully saturated rings.